The molecule has 2 atom stereocenters. The average Bonchev–Trinajstić information content (AvgIpc) is 3.35. The molecule has 6 nitrogen and oxygen atoms in total. The zero-order chi connectivity index (χ0) is 25.4. The van der Waals surface area contributed by atoms with Crippen molar-refractivity contribution < 1.29 is 37.0 Å². The van der Waals surface area contributed by atoms with Gasteiger partial charge in [0.25, 0.3) is 0 Å². The van der Waals surface area contributed by atoms with Crippen molar-refractivity contribution in [2.45, 2.75) is 37.7 Å². The first-order valence-electron chi connectivity index (χ1n) is 11.3. The quantitative estimate of drug-likeness (QED) is 0.401. The maximum Gasteiger partial charge on any atom is 0.416 e. The molecule has 1 amide bonds. The molecule has 186 valence electrons. The maximum absolute atomic E-state index is 13.5. The molecule has 3 aromatic carbocycles. The fraction of sp³-hybridized carbons (Fsp3) is 0.259. The van der Waals surface area contributed by atoms with E-state index >= 15 is 0 Å². The van der Waals surface area contributed by atoms with Crippen molar-refractivity contribution in [1.82, 2.24) is 4.90 Å². The Kier molecular flexibility index (Phi) is 6.07. The number of carbonyl (C=O) groups is 2. The van der Waals surface area contributed by atoms with E-state index in [9.17, 15) is 22.8 Å². The molecule has 5 rings (SSSR count). The second-order valence-electron chi connectivity index (χ2n) is 8.73. The van der Waals surface area contributed by atoms with Crippen LogP contribution < -0.4 is 4.74 Å². The third-order valence-corrected chi connectivity index (χ3v) is 6.43. The Morgan fingerprint density at radius 1 is 1.08 bits per heavy atom. The number of methoxy groups -OCH3 is 1. The lowest BCUT2D eigenvalue weighted by atomic mass is 10.1. The van der Waals surface area contributed by atoms with Crippen molar-refractivity contribution in [3.05, 3.63) is 94.5 Å². The van der Waals surface area contributed by atoms with Gasteiger partial charge in [-0.3, -0.25) is 9.69 Å². The van der Waals surface area contributed by atoms with Crippen LogP contribution in [0.25, 0.3) is 0 Å². The van der Waals surface area contributed by atoms with Crippen LogP contribution in [0.15, 0.2) is 66.7 Å². The van der Waals surface area contributed by atoms with Gasteiger partial charge in [0.05, 0.1) is 31.7 Å². The first-order chi connectivity index (χ1) is 17.2. The Morgan fingerprint density at radius 3 is 2.67 bits per heavy atom. The molecule has 0 saturated carbocycles. The van der Waals surface area contributed by atoms with Crippen LogP contribution in [-0.4, -0.2) is 30.1 Å². The van der Waals surface area contributed by atoms with E-state index in [0.29, 0.717) is 17.7 Å². The van der Waals surface area contributed by atoms with Crippen LogP contribution in [-0.2, 0) is 39.8 Å². The highest BCUT2D eigenvalue weighted by Gasteiger charge is 2.47. The van der Waals surface area contributed by atoms with E-state index < -0.39 is 29.9 Å². The summed E-state index contributed by atoms with van der Waals surface area (Å²) in [5.74, 6) is 0.0829. The molecule has 2 aliphatic rings. The third kappa shape index (κ3) is 4.60. The zero-order valence-corrected chi connectivity index (χ0v) is 19.2. The minimum Gasteiger partial charge on any atom is -0.469 e. The standard InChI is InChI=1S/C27H22F3NO5/c1-34-24(32)12-16-5-4-7-20(11-16)35-23-10-9-19(27(28,29)30)13-18(23)15-31-22-14-17-6-2-3-8-21(17)25(22)36-26(31)33/h2-11,13,22,25H,12,14-15H2,1H3. The van der Waals surface area contributed by atoms with Crippen LogP contribution >= 0.6 is 0 Å². The van der Waals surface area contributed by atoms with Crippen LogP contribution in [0.3, 0.4) is 0 Å². The summed E-state index contributed by atoms with van der Waals surface area (Å²) >= 11 is 0. The zero-order valence-electron chi connectivity index (χ0n) is 19.2. The number of alkyl halides is 3. The van der Waals surface area contributed by atoms with Gasteiger partial charge in [0, 0.05) is 5.56 Å². The number of halogens is 3. The molecule has 0 radical (unpaired) electrons. The summed E-state index contributed by atoms with van der Waals surface area (Å²) < 4.78 is 56.8. The fourth-order valence-electron chi connectivity index (χ4n) is 4.69. The first kappa shape index (κ1) is 23.7. The smallest absolute Gasteiger partial charge is 0.416 e. The highest BCUT2D eigenvalue weighted by molar-refractivity contribution is 5.73. The molecule has 1 aliphatic heterocycles. The van der Waals surface area contributed by atoms with Gasteiger partial charge in [-0.05, 0) is 53.4 Å². The number of fused-ring (bicyclic) bond motifs is 3. The van der Waals surface area contributed by atoms with Gasteiger partial charge in [0.2, 0.25) is 0 Å². The Morgan fingerprint density at radius 2 is 1.89 bits per heavy atom. The van der Waals surface area contributed by atoms with Crippen LogP contribution in [0.5, 0.6) is 11.5 Å². The van der Waals surface area contributed by atoms with Crippen molar-refractivity contribution in [1.29, 1.82) is 0 Å². The van der Waals surface area contributed by atoms with Gasteiger partial charge in [-0.1, -0.05) is 36.4 Å². The Balaban J connectivity index is 1.44. The Hall–Kier alpha value is -4.01. The normalized spacial score (nSPS) is 18.4. The monoisotopic (exact) mass is 497 g/mol. The van der Waals surface area contributed by atoms with E-state index in [4.69, 9.17) is 9.47 Å². The summed E-state index contributed by atoms with van der Waals surface area (Å²) in [5.41, 5.74) is 1.94. The molecule has 0 bridgehead atoms. The highest BCUT2D eigenvalue weighted by atomic mass is 19.4. The number of benzene rings is 3. The van der Waals surface area contributed by atoms with E-state index in [1.807, 2.05) is 24.3 Å². The summed E-state index contributed by atoms with van der Waals surface area (Å²) in [5, 5.41) is 0. The summed E-state index contributed by atoms with van der Waals surface area (Å²) in [6.45, 7) is -0.116. The molecule has 0 N–H and O–H groups in total. The minimum absolute atomic E-state index is 0.0246. The summed E-state index contributed by atoms with van der Waals surface area (Å²) in [7, 11) is 1.29. The van der Waals surface area contributed by atoms with E-state index in [1.54, 1.807) is 24.3 Å². The number of carbonyl (C=O) groups excluding carboxylic acids is 2. The first-order valence-corrected chi connectivity index (χ1v) is 11.3. The molecule has 0 aromatic heterocycles. The van der Waals surface area contributed by atoms with Crippen molar-refractivity contribution in [2.75, 3.05) is 7.11 Å². The lowest BCUT2D eigenvalue weighted by molar-refractivity contribution is -0.140. The SMILES string of the molecule is COC(=O)Cc1cccc(Oc2ccc(C(F)(F)F)cc2CN2C(=O)OC3c4ccccc4CC32)c1. The molecule has 0 spiro atoms. The van der Waals surface area contributed by atoms with E-state index in [1.165, 1.54) is 18.1 Å². The average molecular weight is 497 g/mol. The fourth-order valence-corrected chi connectivity index (χ4v) is 4.69. The number of nitrogens with zero attached hydrogens (tertiary/aromatic N) is 1. The van der Waals surface area contributed by atoms with Crippen molar-refractivity contribution in [3.8, 4) is 11.5 Å². The second-order valence-corrected chi connectivity index (χ2v) is 8.73. The predicted octanol–water partition coefficient (Wildman–Crippen LogP) is 5.83. The van der Waals surface area contributed by atoms with Gasteiger partial charge in [-0.15, -0.1) is 0 Å². The van der Waals surface area contributed by atoms with Gasteiger partial charge in [0.15, 0.2) is 0 Å². The molecule has 9 heteroatoms. The summed E-state index contributed by atoms with van der Waals surface area (Å²) in [6.07, 6.45) is -5.03. The van der Waals surface area contributed by atoms with Crippen molar-refractivity contribution >= 4 is 12.1 Å². The molecule has 1 saturated heterocycles. The number of rotatable bonds is 6. The molecule has 1 fully saturated rings. The summed E-state index contributed by atoms with van der Waals surface area (Å²) in [6, 6.07) is 17.1. The Labute approximate surface area is 205 Å². The predicted molar refractivity (Wildman–Crippen MR) is 122 cm³/mol. The Bertz CT molecular complexity index is 1320. The number of hydrogen-bond donors (Lipinski definition) is 0. The molecule has 36 heavy (non-hydrogen) atoms. The molecular formula is C27H22F3NO5. The van der Waals surface area contributed by atoms with Gasteiger partial charge in [-0.25, -0.2) is 4.79 Å². The largest absolute Gasteiger partial charge is 0.469 e. The number of hydrogen-bond acceptors (Lipinski definition) is 5. The lowest BCUT2D eigenvalue weighted by Gasteiger charge is -2.22. The van der Waals surface area contributed by atoms with Gasteiger partial charge in [-0.2, -0.15) is 13.2 Å². The van der Waals surface area contributed by atoms with Gasteiger partial charge < -0.3 is 14.2 Å². The van der Waals surface area contributed by atoms with Crippen LogP contribution in [0.2, 0.25) is 0 Å². The third-order valence-electron chi connectivity index (χ3n) is 6.43. The summed E-state index contributed by atoms with van der Waals surface area (Å²) in [4.78, 5) is 25.8. The van der Waals surface area contributed by atoms with Gasteiger partial charge >= 0.3 is 18.2 Å². The molecule has 2 unspecified atom stereocenters. The maximum atomic E-state index is 13.5. The van der Waals surface area contributed by atoms with Crippen LogP contribution in [0.4, 0.5) is 18.0 Å². The second kappa shape index (κ2) is 9.22. The van der Waals surface area contributed by atoms with E-state index in [2.05, 4.69) is 4.74 Å². The van der Waals surface area contributed by atoms with Crippen LogP contribution in [0, 0.1) is 0 Å². The highest BCUT2D eigenvalue weighted by Crippen LogP contribution is 2.44. The molecule has 1 aliphatic carbocycles. The van der Waals surface area contributed by atoms with Crippen LogP contribution in [0.1, 0.15) is 33.9 Å². The number of esters is 1. The molecule has 1 heterocycles. The lowest BCUT2D eigenvalue weighted by Crippen LogP contribution is -2.33. The van der Waals surface area contributed by atoms with Gasteiger partial charge in [0.1, 0.15) is 17.6 Å². The number of ether oxygens (including phenoxy) is 3. The van der Waals surface area contributed by atoms with E-state index in [-0.39, 0.29) is 30.3 Å². The van der Waals surface area contributed by atoms with Crippen molar-refractivity contribution in [2.24, 2.45) is 0 Å². The van der Waals surface area contributed by atoms with Crippen molar-refractivity contribution in [3.63, 3.8) is 0 Å². The minimum atomic E-state index is -4.56. The topological polar surface area (TPSA) is 65.1 Å². The number of amides is 1. The molecule has 3 aromatic rings. The molecular weight excluding hydrogens is 475 g/mol. The van der Waals surface area contributed by atoms with E-state index in [0.717, 1.165) is 23.3 Å².